The largest absolute Gasteiger partial charge is 0.491 e. The molecule has 0 N–H and O–H groups in total. The van der Waals surface area contributed by atoms with E-state index in [9.17, 15) is 9.59 Å². The molecule has 0 saturated carbocycles. The third-order valence-electron chi connectivity index (χ3n) is 4.90. The number of carbonyl (C=O) groups excluding carboxylic acids is 2. The van der Waals surface area contributed by atoms with Crippen LogP contribution in [0.1, 0.15) is 29.8 Å². The van der Waals surface area contributed by atoms with E-state index in [1.807, 2.05) is 35.2 Å². The summed E-state index contributed by atoms with van der Waals surface area (Å²) in [6, 6.07) is 11.6. The van der Waals surface area contributed by atoms with Crippen molar-refractivity contribution in [3.05, 3.63) is 64.9 Å². The zero-order valence-corrected chi connectivity index (χ0v) is 17.0. The van der Waals surface area contributed by atoms with Gasteiger partial charge in [-0.15, -0.1) is 17.9 Å². The zero-order valence-electron chi connectivity index (χ0n) is 16.2. The number of ether oxygens (including phenoxy) is 1. The van der Waals surface area contributed by atoms with Crippen LogP contribution in [0.5, 0.6) is 5.75 Å². The number of hydrogen-bond donors (Lipinski definition) is 0. The van der Waals surface area contributed by atoms with Gasteiger partial charge >= 0.3 is 0 Å². The van der Waals surface area contributed by atoms with Crippen molar-refractivity contribution in [3.63, 3.8) is 0 Å². The topological polar surface area (TPSA) is 49.9 Å². The lowest BCUT2D eigenvalue weighted by atomic mass is 10.0. The van der Waals surface area contributed by atoms with Gasteiger partial charge in [-0.05, 0) is 35.6 Å². The van der Waals surface area contributed by atoms with Crippen LogP contribution in [0.15, 0.2) is 54.4 Å². The summed E-state index contributed by atoms with van der Waals surface area (Å²) in [7, 11) is 0. The number of carbonyl (C=O) groups is 2. The highest BCUT2D eigenvalue weighted by Crippen LogP contribution is 2.34. The molecule has 1 aliphatic heterocycles. The van der Waals surface area contributed by atoms with Gasteiger partial charge in [-0.1, -0.05) is 31.2 Å². The molecule has 0 saturated heterocycles. The Labute approximate surface area is 170 Å². The molecule has 0 fully saturated rings. The molecule has 0 aliphatic carbocycles. The minimum Gasteiger partial charge on any atom is -0.491 e. The Morgan fingerprint density at radius 2 is 2.11 bits per heavy atom. The molecule has 1 aromatic carbocycles. The maximum atomic E-state index is 13.1. The van der Waals surface area contributed by atoms with Crippen LogP contribution in [0.2, 0.25) is 0 Å². The first kappa shape index (κ1) is 20.1. The molecule has 1 atom stereocenters. The number of amides is 2. The molecular formula is C22H26N2O3S. The van der Waals surface area contributed by atoms with Crippen molar-refractivity contribution in [2.24, 2.45) is 0 Å². The highest BCUT2D eigenvalue weighted by atomic mass is 32.1. The van der Waals surface area contributed by atoms with Crippen LogP contribution in [0, 0.1) is 0 Å². The normalized spacial score (nSPS) is 15.6. The molecule has 0 bridgehead atoms. The van der Waals surface area contributed by atoms with Crippen LogP contribution >= 0.6 is 11.3 Å². The molecule has 3 rings (SSSR count). The number of hydrogen-bond acceptors (Lipinski definition) is 4. The first-order valence-electron chi connectivity index (χ1n) is 9.56. The van der Waals surface area contributed by atoms with E-state index in [4.69, 9.17) is 4.74 Å². The second kappa shape index (κ2) is 9.55. The van der Waals surface area contributed by atoms with Crippen LogP contribution in [0.25, 0.3) is 0 Å². The molecule has 2 aromatic rings. The fraction of sp³-hybridized carbons (Fsp3) is 0.364. The number of rotatable bonds is 8. The smallest absolute Gasteiger partial charge is 0.242 e. The number of fused-ring (bicyclic) bond motifs is 1. The van der Waals surface area contributed by atoms with Crippen molar-refractivity contribution in [3.8, 4) is 5.75 Å². The van der Waals surface area contributed by atoms with Crippen molar-refractivity contribution in [2.45, 2.75) is 25.8 Å². The standard InChI is InChI=1S/C22H26N2O3S/c1-3-12-23(21(25)4-2)15-22(26)24-13-10-20-18(11-14-28-20)19(24)16-27-17-8-6-5-7-9-17/h3,5-9,11,14,19H,1,4,10,12-13,15-16H2,2H3. The average Bonchev–Trinajstić information content (AvgIpc) is 3.20. The number of thiophene rings is 1. The molecule has 2 heterocycles. The van der Waals surface area contributed by atoms with Crippen molar-refractivity contribution >= 4 is 23.2 Å². The van der Waals surface area contributed by atoms with Gasteiger partial charge in [-0.2, -0.15) is 0 Å². The first-order chi connectivity index (χ1) is 13.6. The monoisotopic (exact) mass is 398 g/mol. The fourth-order valence-corrected chi connectivity index (χ4v) is 4.38. The van der Waals surface area contributed by atoms with Gasteiger partial charge in [0, 0.05) is 24.4 Å². The van der Waals surface area contributed by atoms with Gasteiger partial charge in [0.2, 0.25) is 11.8 Å². The van der Waals surface area contributed by atoms with Crippen LogP contribution in [0.4, 0.5) is 0 Å². The van der Waals surface area contributed by atoms with Crippen molar-refractivity contribution in [2.75, 3.05) is 26.2 Å². The van der Waals surface area contributed by atoms with Crippen LogP contribution in [-0.4, -0.2) is 47.9 Å². The van der Waals surface area contributed by atoms with Crippen molar-refractivity contribution in [1.29, 1.82) is 0 Å². The molecule has 1 unspecified atom stereocenters. The zero-order chi connectivity index (χ0) is 19.9. The summed E-state index contributed by atoms with van der Waals surface area (Å²) in [6.07, 6.45) is 2.87. The van der Waals surface area contributed by atoms with Gasteiger partial charge < -0.3 is 14.5 Å². The van der Waals surface area contributed by atoms with Crippen molar-refractivity contribution < 1.29 is 14.3 Å². The Kier molecular flexibility index (Phi) is 6.87. The second-order valence-corrected chi connectivity index (χ2v) is 7.69. The highest BCUT2D eigenvalue weighted by molar-refractivity contribution is 7.10. The van der Waals surface area contributed by atoms with Gasteiger partial charge in [0.25, 0.3) is 0 Å². The fourth-order valence-electron chi connectivity index (χ4n) is 3.45. The van der Waals surface area contributed by atoms with E-state index < -0.39 is 0 Å². The third-order valence-corrected chi connectivity index (χ3v) is 5.89. The summed E-state index contributed by atoms with van der Waals surface area (Å²) < 4.78 is 5.99. The first-order valence-corrected chi connectivity index (χ1v) is 10.4. The Balaban J connectivity index is 1.76. The molecule has 28 heavy (non-hydrogen) atoms. The maximum Gasteiger partial charge on any atom is 0.242 e. The molecule has 1 aromatic heterocycles. The summed E-state index contributed by atoms with van der Waals surface area (Å²) in [5, 5.41) is 2.07. The third kappa shape index (κ3) is 4.62. The predicted octanol–water partition coefficient (Wildman–Crippen LogP) is 3.68. The summed E-state index contributed by atoms with van der Waals surface area (Å²) in [5.41, 5.74) is 1.15. The lowest BCUT2D eigenvalue weighted by Crippen LogP contribution is -2.47. The highest BCUT2D eigenvalue weighted by Gasteiger charge is 2.33. The maximum absolute atomic E-state index is 13.1. The number of benzene rings is 1. The van der Waals surface area contributed by atoms with Gasteiger partial charge in [0.05, 0.1) is 6.04 Å². The van der Waals surface area contributed by atoms with Crippen LogP contribution in [-0.2, 0) is 16.0 Å². The van der Waals surface area contributed by atoms with E-state index in [-0.39, 0.29) is 24.4 Å². The molecule has 148 valence electrons. The van der Waals surface area contributed by atoms with Gasteiger partial charge in [-0.25, -0.2) is 0 Å². The minimum atomic E-state index is -0.148. The van der Waals surface area contributed by atoms with E-state index in [0.29, 0.717) is 26.1 Å². The minimum absolute atomic E-state index is 0.0430. The summed E-state index contributed by atoms with van der Waals surface area (Å²) in [6.45, 7) is 6.98. The van der Waals surface area contributed by atoms with Gasteiger partial charge in [-0.3, -0.25) is 9.59 Å². The number of para-hydroxylation sites is 1. The van der Waals surface area contributed by atoms with Crippen LogP contribution in [0.3, 0.4) is 0 Å². The molecule has 0 radical (unpaired) electrons. The van der Waals surface area contributed by atoms with E-state index in [0.717, 1.165) is 17.7 Å². The summed E-state index contributed by atoms with van der Waals surface area (Å²) in [4.78, 5) is 30.0. The van der Waals surface area contributed by atoms with Gasteiger partial charge in [0.1, 0.15) is 18.9 Å². The number of nitrogens with zero attached hydrogens (tertiary/aromatic N) is 2. The lowest BCUT2D eigenvalue weighted by Gasteiger charge is -2.37. The SMILES string of the molecule is C=CCN(CC(=O)N1CCc2sccc2C1COc1ccccc1)C(=O)CC. The predicted molar refractivity (Wildman–Crippen MR) is 111 cm³/mol. The Hall–Kier alpha value is -2.60. The van der Waals surface area contributed by atoms with E-state index in [1.54, 1.807) is 29.2 Å². The molecule has 1 aliphatic rings. The summed E-state index contributed by atoms with van der Waals surface area (Å²) in [5.74, 6) is 0.687. The Bertz CT molecular complexity index is 818. The Morgan fingerprint density at radius 3 is 2.82 bits per heavy atom. The van der Waals surface area contributed by atoms with E-state index in [2.05, 4.69) is 18.0 Å². The van der Waals surface area contributed by atoms with Crippen LogP contribution < -0.4 is 4.74 Å². The van der Waals surface area contributed by atoms with E-state index in [1.165, 1.54) is 4.88 Å². The molecule has 6 heteroatoms. The molecule has 2 amide bonds. The quantitative estimate of drug-likeness (QED) is 0.638. The second-order valence-electron chi connectivity index (χ2n) is 6.69. The summed E-state index contributed by atoms with van der Waals surface area (Å²) >= 11 is 1.72. The lowest BCUT2D eigenvalue weighted by molar-refractivity contribution is -0.142. The molecule has 5 nitrogen and oxygen atoms in total. The van der Waals surface area contributed by atoms with Gasteiger partial charge in [0.15, 0.2) is 0 Å². The average molecular weight is 399 g/mol. The molecule has 0 spiro atoms. The molecular weight excluding hydrogens is 372 g/mol. The van der Waals surface area contributed by atoms with Crippen molar-refractivity contribution in [1.82, 2.24) is 9.80 Å². The Morgan fingerprint density at radius 1 is 1.32 bits per heavy atom. The van der Waals surface area contributed by atoms with E-state index >= 15 is 0 Å².